The van der Waals surface area contributed by atoms with Crippen molar-refractivity contribution < 1.29 is 10.2 Å². The van der Waals surface area contributed by atoms with E-state index in [0.29, 0.717) is 0 Å². The molecule has 0 aromatic heterocycles. The minimum Gasteiger partial charge on any atom is -0.507 e. The van der Waals surface area contributed by atoms with Gasteiger partial charge in [0.15, 0.2) is 0 Å². The van der Waals surface area contributed by atoms with E-state index in [1.807, 2.05) is 82.3 Å². The molecular weight excluding hydrogens is 320 g/mol. The lowest BCUT2D eigenvalue weighted by atomic mass is 9.69. The van der Waals surface area contributed by atoms with Crippen LogP contribution in [0, 0.1) is 27.7 Å². The second kappa shape index (κ2) is 6.53. The van der Waals surface area contributed by atoms with Gasteiger partial charge in [0.2, 0.25) is 0 Å². The van der Waals surface area contributed by atoms with E-state index >= 15 is 0 Å². The van der Waals surface area contributed by atoms with Gasteiger partial charge in [0, 0.05) is 16.5 Å². The zero-order valence-corrected chi connectivity index (χ0v) is 16.1. The number of phenolic OH excluding ortho intramolecular Hbond substituents is 2. The van der Waals surface area contributed by atoms with Crippen molar-refractivity contribution in [3.63, 3.8) is 0 Å². The monoisotopic (exact) mass is 346 g/mol. The second-order valence-corrected chi connectivity index (χ2v) is 7.45. The Morgan fingerprint density at radius 3 is 1.50 bits per heavy atom. The van der Waals surface area contributed by atoms with Gasteiger partial charge in [-0.05, 0) is 51.3 Å². The lowest BCUT2D eigenvalue weighted by molar-refractivity contribution is 0.437. The molecule has 0 bridgehead atoms. The highest BCUT2D eigenvalue weighted by atomic mass is 16.3. The van der Waals surface area contributed by atoms with E-state index in [0.717, 1.165) is 38.9 Å². The largest absolute Gasteiger partial charge is 0.507 e. The van der Waals surface area contributed by atoms with Gasteiger partial charge in [-0.25, -0.2) is 0 Å². The Hall–Kier alpha value is -2.74. The van der Waals surface area contributed by atoms with Crippen molar-refractivity contribution in [3.05, 3.63) is 93.5 Å². The van der Waals surface area contributed by atoms with Crippen LogP contribution in [0.4, 0.5) is 0 Å². The fourth-order valence-electron chi connectivity index (χ4n) is 3.91. The number of phenols is 2. The molecule has 0 aliphatic heterocycles. The molecule has 0 radical (unpaired) electrons. The summed E-state index contributed by atoms with van der Waals surface area (Å²) < 4.78 is 0. The third-order valence-corrected chi connectivity index (χ3v) is 5.32. The zero-order valence-electron chi connectivity index (χ0n) is 16.1. The van der Waals surface area contributed by atoms with Crippen LogP contribution >= 0.6 is 0 Å². The topological polar surface area (TPSA) is 40.5 Å². The number of benzene rings is 3. The van der Waals surface area contributed by atoms with Crippen LogP contribution in [0.25, 0.3) is 0 Å². The summed E-state index contributed by atoms with van der Waals surface area (Å²) in [5.74, 6) is 0.557. The van der Waals surface area contributed by atoms with Gasteiger partial charge >= 0.3 is 0 Å². The van der Waals surface area contributed by atoms with Crippen LogP contribution in [0.5, 0.6) is 11.5 Å². The molecule has 2 heteroatoms. The van der Waals surface area contributed by atoms with Gasteiger partial charge in [-0.1, -0.05) is 65.7 Å². The van der Waals surface area contributed by atoms with E-state index in [1.54, 1.807) is 0 Å². The Morgan fingerprint density at radius 2 is 1.08 bits per heavy atom. The predicted octanol–water partition coefficient (Wildman–Crippen LogP) is 5.69. The molecule has 3 aromatic rings. The van der Waals surface area contributed by atoms with Crippen LogP contribution in [0.15, 0.2) is 54.6 Å². The van der Waals surface area contributed by atoms with E-state index in [4.69, 9.17) is 0 Å². The fraction of sp³-hybridized carbons (Fsp3) is 0.250. The van der Waals surface area contributed by atoms with Crippen molar-refractivity contribution in [2.75, 3.05) is 0 Å². The first-order valence-corrected chi connectivity index (χ1v) is 8.92. The van der Waals surface area contributed by atoms with Gasteiger partial charge in [0.25, 0.3) is 0 Å². The molecule has 0 unspecified atom stereocenters. The highest BCUT2D eigenvalue weighted by Crippen LogP contribution is 2.47. The van der Waals surface area contributed by atoms with Gasteiger partial charge < -0.3 is 10.2 Å². The molecule has 0 aliphatic rings. The zero-order chi connectivity index (χ0) is 19.1. The van der Waals surface area contributed by atoms with Crippen LogP contribution in [0.2, 0.25) is 0 Å². The van der Waals surface area contributed by atoms with Gasteiger partial charge in [0.1, 0.15) is 11.5 Å². The Balaban J connectivity index is 2.44. The summed E-state index contributed by atoms with van der Waals surface area (Å²) in [4.78, 5) is 0. The minimum atomic E-state index is -0.678. The van der Waals surface area contributed by atoms with Crippen molar-refractivity contribution >= 4 is 0 Å². The number of hydrogen-bond acceptors (Lipinski definition) is 2. The highest BCUT2D eigenvalue weighted by Gasteiger charge is 2.36. The third-order valence-electron chi connectivity index (χ3n) is 5.32. The van der Waals surface area contributed by atoms with Crippen molar-refractivity contribution in [2.45, 2.75) is 40.0 Å². The van der Waals surface area contributed by atoms with Gasteiger partial charge in [0.05, 0.1) is 0 Å². The summed E-state index contributed by atoms with van der Waals surface area (Å²) in [5, 5.41) is 21.9. The summed E-state index contributed by atoms with van der Waals surface area (Å²) >= 11 is 0. The molecule has 0 fully saturated rings. The summed E-state index contributed by atoms with van der Waals surface area (Å²) in [7, 11) is 0. The molecule has 0 spiro atoms. The lowest BCUT2D eigenvalue weighted by Crippen LogP contribution is -2.26. The van der Waals surface area contributed by atoms with Crippen LogP contribution in [-0.2, 0) is 5.41 Å². The molecule has 0 saturated heterocycles. The molecule has 3 rings (SSSR count). The first-order valence-electron chi connectivity index (χ1n) is 8.92. The van der Waals surface area contributed by atoms with Crippen LogP contribution in [0.3, 0.4) is 0 Å². The Morgan fingerprint density at radius 1 is 0.654 bits per heavy atom. The number of hydrogen-bond donors (Lipinski definition) is 2. The third kappa shape index (κ3) is 2.86. The first-order chi connectivity index (χ1) is 12.2. The van der Waals surface area contributed by atoms with E-state index in [2.05, 4.69) is 6.92 Å². The molecule has 2 N–H and O–H groups in total. The molecule has 2 nitrogen and oxygen atoms in total. The SMILES string of the molecule is Cc1cc(C)c(O)c(C(C)(c2ccccc2)c2cc(C)cc(C)c2O)c1. The first kappa shape index (κ1) is 18.1. The number of rotatable bonds is 3. The summed E-state index contributed by atoms with van der Waals surface area (Å²) in [5.41, 5.74) is 5.81. The normalized spacial score (nSPS) is 11.6. The van der Waals surface area contributed by atoms with E-state index < -0.39 is 5.41 Å². The van der Waals surface area contributed by atoms with E-state index in [9.17, 15) is 10.2 Å². The average Bonchev–Trinajstić information content (AvgIpc) is 2.61. The van der Waals surface area contributed by atoms with Crippen molar-refractivity contribution in [3.8, 4) is 11.5 Å². The quantitative estimate of drug-likeness (QED) is 0.598. The Labute approximate surface area is 155 Å². The summed E-state index contributed by atoms with van der Waals surface area (Å²) in [6, 6.07) is 18.1. The van der Waals surface area contributed by atoms with Gasteiger partial charge in [-0.2, -0.15) is 0 Å². The van der Waals surface area contributed by atoms with Gasteiger partial charge in [-0.3, -0.25) is 0 Å². The van der Waals surface area contributed by atoms with Crippen LogP contribution < -0.4 is 0 Å². The number of aryl methyl sites for hydroxylation is 4. The summed E-state index contributed by atoms with van der Waals surface area (Å²) in [6.45, 7) is 9.97. The predicted molar refractivity (Wildman–Crippen MR) is 107 cm³/mol. The maximum Gasteiger partial charge on any atom is 0.122 e. The average molecular weight is 346 g/mol. The lowest BCUT2D eigenvalue weighted by Gasteiger charge is -2.34. The smallest absolute Gasteiger partial charge is 0.122 e. The standard InChI is InChI=1S/C24H26O2/c1-15-11-17(3)22(25)20(13-15)24(5,19-9-7-6-8-10-19)21-14-16(2)12-18(4)23(21)26/h6-14,25-26H,1-5H3. The molecule has 3 aromatic carbocycles. The molecule has 0 saturated carbocycles. The molecule has 0 heterocycles. The van der Waals surface area contributed by atoms with Crippen LogP contribution in [0.1, 0.15) is 45.9 Å². The molecule has 0 aliphatic carbocycles. The maximum atomic E-state index is 10.9. The van der Waals surface area contributed by atoms with E-state index in [-0.39, 0.29) is 11.5 Å². The molecule has 0 atom stereocenters. The fourth-order valence-corrected chi connectivity index (χ4v) is 3.91. The Bertz CT molecular complexity index is 898. The van der Waals surface area contributed by atoms with Crippen molar-refractivity contribution in [2.24, 2.45) is 0 Å². The van der Waals surface area contributed by atoms with Crippen molar-refractivity contribution in [1.29, 1.82) is 0 Å². The minimum absolute atomic E-state index is 0.278. The Kier molecular flexibility index (Phi) is 4.53. The molecule has 134 valence electrons. The van der Waals surface area contributed by atoms with Crippen LogP contribution in [-0.4, -0.2) is 10.2 Å². The number of aromatic hydroxyl groups is 2. The van der Waals surface area contributed by atoms with Gasteiger partial charge in [-0.15, -0.1) is 0 Å². The second-order valence-electron chi connectivity index (χ2n) is 7.45. The maximum absolute atomic E-state index is 10.9. The summed E-state index contributed by atoms with van der Waals surface area (Å²) in [6.07, 6.45) is 0. The van der Waals surface area contributed by atoms with Crippen molar-refractivity contribution in [1.82, 2.24) is 0 Å². The van der Waals surface area contributed by atoms with E-state index in [1.165, 1.54) is 0 Å². The molecule has 0 amide bonds. The highest BCUT2D eigenvalue weighted by molar-refractivity contribution is 5.61. The molecular formula is C24H26O2. The molecule has 26 heavy (non-hydrogen) atoms.